The molecule has 0 aliphatic carbocycles. The lowest BCUT2D eigenvalue weighted by molar-refractivity contribution is 0.00825. The summed E-state index contributed by atoms with van der Waals surface area (Å²) in [7, 11) is 1.82. The smallest absolute Gasteiger partial charge is 0.126 e. The molecule has 1 unspecified atom stereocenters. The van der Waals surface area contributed by atoms with Gasteiger partial charge in [-0.3, -0.25) is 9.80 Å². The minimum Gasteiger partial charge on any atom is -0.390 e. The summed E-state index contributed by atoms with van der Waals surface area (Å²) in [4.78, 5) is 4.02. The van der Waals surface area contributed by atoms with Crippen LogP contribution in [-0.2, 0) is 11.3 Å². The first kappa shape index (κ1) is 16.3. The first-order valence-corrected chi connectivity index (χ1v) is 7.14. The van der Waals surface area contributed by atoms with Gasteiger partial charge in [0.25, 0.3) is 0 Å². The number of benzene rings is 1. The molecule has 1 atom stereocenters. The van der Waals surface area contributed by atoms with Crippen molar-refractivity contribution in [2.45, 2.75) is 12.6 Å². The molecule has 1 saturated heterocycles. The third kappa shape index (κ3) is 5.67. The van der Waals surface area contributed by atoms with Crippen molar-refractivity contribution in [1.29, 1.82) is 0 Å². The van der Waals surface area contributed by atoms with Crippen molar-refractivity contribution in [2.24, 2.45) is 0 Å². The van der Waals surface area contributed by atoms with Crippen molar-refractivity contribution in [3.05, 3.63) is 35.4 Å². The van der Waals surface area contributed by atoms with E-state index in [1.54, 1.807) is 0 Å². The largest absolute Gasteiger partial charge is 0.390 e. The van der Waals surface area contributed by atoms with Crippen molar-refractivity contribution >= 4 is 0 Å². The second kappa shape index (κ2) is 7.79. The minimum absolute atomic E-state index is 0.398. The lowest BCUT2D eigenvalue weighted by Crippen LogP contribution is -2.43. The van der Waals surface area contributed by atoms with E-state index in [1.807, 2.05) is 11.9 Å². The Hall–Kier alpha value is -1.08. The average molecular weight is 300 g/mol. The molecule has 2 rings (SSSR count). The van der Waals surface area contributed by atoms with Crippen molar-refractivity contribution in [3.8, 4) is 0 Å². The van der Waals surface area contributed by atoms with Crippen molar-refractivity contribution in [2.75, 3.05) is 46.4 Å². The molecule has 0 spiro atoms. The monoisotopic (exact) mass is 300 g/mol. The minimum atomic E-state index is -0.577. The summed E-state index contributed by atoms with van der Waals surface area (Å²) in [5.74, 6) is -1.15. The summed E-state index contributed by atoms with van der Waals surface area (Å²) in [5.41, 5.74) is 0.563. The van der Waals surface area contributed by atoms with Crippen LogP contribution in [0.2, 0.25) is 0 Å². The molecule has 1 aromatic rings. The molecule has 1 heterocycles. The van der Waals surface area contributed by atoms with Gasteiger partial charge in [0.2, 0.25) is 0 Å². The van der Waals surface area contributed by atoms with Crippen LogP contribution in [0, 0.1) is 11.6 Å². The fourth-order valence-corrected chi connectivity index (χ4v) is 2.58. The Labute approximate surface area is 123 Å². The summed E-state index contributed by atoms with van der Waals surface area (Å²) in [6.45, 7) is 4.50. The lowest BCUT2D eigenvalue weighted by Gasteiger charge is -2.30. The van der Waals surface area contributed by atoms with Crippen LogP contribution >= 0.6 is 0 Å². The molecule has 1 N–H and O–H groups in total. The van der Waals surface area contributed by atoms with E-state index in [4.69, 9.17) is 4.74 Å². The fourth-order valence-electron chi connectivity index (χ4n) is 2.58. The average Bonchev–Trinajstić information content (AvgIpc) is 2.37. The van der Waals surface area contributed by atoms with E-state index in [-0.39, 0.29) is 0 Å². The number of ether oxygens (including phenoxy) is 1. The van der Waals surface area contributed by atoms with Gasteiger partial charge in [0.1, 0.15) is 11.6 Å². The second-order valence-electron chi connectivity index (χ2n) is 5.54. The summed E-state index contributed by atoms with van der Waals surface area (Å²) in [6.07, 6.45) is -0.494. The molecular weight excluding hydrogens is 278 g/mol. The Kier molecular flexibility index (Phi) is 6.05. The van der Waals surface area contributed by atoms with E-state index in [1.165, 1.54) is 12.1 Å². The number of likely N-dealkylation sites (N-methyl/N-ethyl adjacent to an activating group) is 1. The molecule has 0 saturated carbocycles. The van der Waals surface area contributed by atoms with Crippen molar-refractivity contribution in [1.82, 2.24) is 9.80 Å². The highest BCUT2D eigenvalue weighted by atomic mass is 19.1. The van der Waals surface area contributed by atoms with Gasteiger partial charge in [0.05, 0.1) is 19.3 Å². The maximum atomic E-state index is 13.1. The summed E-state index contributed by atoms with van der Waals surface area (Å²) >= 11 is 0. The van der Waals surface area contributed by atoms with Crippen LogP contribution in [0.3, 0.4) is 0 Å². The molecule has 0 bridgehead atoms. The predicted molar refractivity (Wildman–Crippen MR) is 76.0 cm³/mol. The zero-order valence-electron chi connectivity index (χ0n) is 12.3. The molecule has 4 nitrogen and oxygen atoms in total. The van der Waals surface area contributed by atoms with Crippen LogP contribution in [0.1, 0.15) is 5.56 Å². The van der Waals surface area contributed by atoms with Crippen LogP contribution in [-0.4, -0.2) is 67.5 Å². The van der Waals surface area contributed by atoms with Gasteiger partial charge in [-0.05, 0) is 24.7 Å². The number of aliphatic hydroxyl groups excluding tert-OH is 1. The summed E-state index contributed by atoms with van der Waals surface area (Å²) < 4.78 is 31.5. The molecule has 21 heavy (non-hydrogen) atoms. The molecule has 6 heteroatoms. The van der Waals surface area contributed by atoms with Gasteiger partial charge in [0, 0.05) is 38.8 Å². The van der Waals surface area contributed by atoms with E-state index in [9.17, 15) is 13.9 Å². The number of hydrogen-bond donors (Lipinski definition) is 1. The number of morpholine rings is 1. The SMILES string of the molecule is CN(Cc1cc(F)cc(F)c1)CC(O)CN1CCOCC1. The normalized spacial score (nSPS) is 18.1. The first-order chi connectivity index (χ1) is 10.0. The van der Waals surface area contributed by atoms with Gasteiger partial charge in [-0.2, -0.15) is 0 Å². The van der Waals surface area contributed by atoms with Crippen LogP contribution in [0.5, 0.6) is 0 Å². The van der Waals surface area contributed by atoms with E-state index < -0.39 is 17.7 Å². The maximum Gasteiger partial charge on any atom is 0.126 e. The quantitative estimate of drug-likeness (QED) is 0.853. The van der Waals surface area contributed by atoms with Crippen LogP contribution in [0.25, 0.3) is 0 Å². The maximum absolute atomic E-state index is 13.1. The molecule has 1 fully saturated rings. The molecule has 1 aliphatic heterocycles. The van der Waals surface area contributed by atoms with E-state index in [2.05, 4.69) is 4.90 Å². The Bertz CT molecular complexity index is 433. The zero-order chi connectivity index (χ0) is 15.2. The zero-order valence-corrected chi connectivity index (χ0v) is 12.3. The van der Waals surface area contributed by atoms with Gasteiger partial charge in [0.15, 0.2) is 0 Å². The highest BCUT2D eigenvalue weighted by Gasteiger charge is 2.16. The van der Waals surface area contributed by atoms with Gasteiger partial charge in [-0.1, -0.05) is 0 Å². The molecule has 0 amide bonds. The van der Waals surface area contributed by atoms with Crippen molar-refractivity contribution < 1.29 is 18.6 Å². The Morgan fingerprint density at radius 2 is 1.86 bits per heavy atom. The standard InChI is InChI=1S/C15H22F2N2O2/c1-18(9-12-6-13(16)8-14(17)7-12)10-15(20)11-19-2-4-21-5-3-19/h6-8,15,20H,2-5,9-11H2,1H3. The second-order valence-corrected chi connectivity index (χ2v) is 5.54. The molecular formula is C15H22F2N2O2. The lowest BCUT2D eigenvalue weighted by atomic mass is 10.2. The first-order valence-electron chi connectivity index (χ1n) is 7.14. The highest BCUT2D eigenvalue weighted by molar-refractivity contribution is 5.17. The van der Waals surface area contributed by atoms with Gasteiger partial charge in [-0.15, -0.1) is 0 Å². The van der Waals surface area contributed by atoms with Gasteiger partial charge >= 0.3 is 0 Å². The molecule has 1 aromatic carbocycles. The third-order valence-corrected chi connectivity index (χ3v) is 3.47. The molecule has 0 aromatic heterocycles. The fraction of sp³-hybridized carbons (Fsp3) is 0.600. The predicted octanol–water partition coefficient (Wildman–Crippen LogP) is 1.09. The number of rotatable bonds is 6. The number of β-amino-alcohol motifs (C(OH)–C–C–N with tert-alkyl or cyclic N) is 1. The third-order valence-electron chi connectivity index (χ3n) is 3.47. The van der Waals surface area contributed by atoms with Crippen LogP contribution < -0.4 is 0 Å². The van der Waals surface area contributed by atoms with Crippen LogP contribution in [0.15, 0.2) is 18.2 Å². The van der Waals surface area contributed by atoms with Crippen molar-refractivity contribution in [3.63, 3.8) is 0 Å². The molecule has 1 aliphatic rings. The van der Waals surface area contributed by atoms with E-state index in [0.717, 1.165) is 19.2 Å². The number of hydrogen-bond acceptors (Lipinski definition) is 4. The number of halogens is 2. The van der Waals surface area contributed by atoms with Gasteiger partial charge < -0.3 is 9.84 Å². The van der Waals surface area contributed by atoms with Gasteiger partial charge in [-0.25, -0.2) is 8.78 Å². The summed E-state index contributed by atoms with van der Waals surface area (Å²) in [5, 5.41) is 10.1. The van der Waals surface area contributed by atoms with E-state index in [0.29, 0.717) is 38.4 Å². The topological polar surface area (TPSA) is 35.9 Å². The Morgan fingerprint density at radius 3 is 2.48 bits per heavy atom. The van der Waals surface area contributed by atoms with Crippen LogP contribution in [0.4, 0.5) is 8.78 Å². The number of nitrogens with zero attached hydrogens (tertiary/aromatic N) is 2. The Balaban J connectivity index is 1.78. The highest BCUT2D eigenvalue weighted by Crippen LogP contribution is 2.10. The molecule has 0 radical (unpaired) electrons. The number of aliphatic hydroxyl groups is 1. The summed E-state index contributed by atoms with van der Waals surface area (Å²) in [6, 6.07) is 3.48. The van der Waals surface area contributed by atoms with E-state index >= 15 is 0 Å². The molecule has 118 valence electrons. The Morgan fingerprint density at radius 1 is 1.24 bits per heavy atom.